The van der Waals surface area contributed by atoms with Crippen molar-refractivity contribution in [2.75, 3.05) is 13.1 Å². The highest BCUT2D eigenvalue weighted by atomic mass is 19.1. The van der Waals surface area contributed by atoms with Gasteiger partial charge in [-0.2, -0.15) is 0 Å². The van der Waals surface area contributed by atoms with E-state index in [0.717, 1.165) is 31.5 Å². The van der Waals surface area contributed by atoms with Crippen molar-refractivity contribution in [3.05, 3.63) is 77.3 Å². The van der Waals surface area contributed by atoms with Crippen LogP contribution in [0.25, 0.3) is 11.3 Å². The Balaban J connectivity index is 1.40. The third-order valence-electron chi connectivity index (χ3n) is 4.87. The first-order valence-corrected chi connectivity index (χ1v) is 9.49. The second-order valence-electron chi connectivity index (χ2n) is 6.97. The molecule has 1 N–H and O–H groups in total. The summed E-state index contributed by atoms with van der Waals surface area (Å²) < 4.78 is 18.4. The largest absolute Gasteiger partial charge is 0.350 e. The molecule has 3 aromatic rings. The van der Waals surface area contributed by atoms with E-state index in [-0.39, 0.29) is 24.0 Å². The predicted molar refractivity (Wildman–Crippen MR) is 105 cm³/mol. The van der Waals surface area contributed by atoms with Crippen molar-refractivity contribution in [3.8, 4) is 11.3 Å². The van der Waals surface area contributed by atoms with Crippen molar-refractivity contribution in [1.29, 1.82) is 0 Å². The Bertz CT molecular complexity index is 1040. The zero-order chi connectivity index (χ0) is 20.2. The fourth-order valence-electron chi connectivity index (χ4n) is 3.35. The Hall–Kier alpha value is -3.48. The van der Waals surface area contributed by atoms with Crippen LogP contribution in [0.3, 0.4) is 0 Å². The number of likely N-dealkylation sites (tertiary alicyclic amines) is 1. The predicted octanol–water partition coefficient (Wildman–Crippen LogP) is 3.65. The fraction of sp³-hybridized carbons (Fsp3) is 0.227. The van der Waals surface area contributed by atoms with Gasteiger partial charge in [-0.25, -0.2) is 4.39 Å². The van der Waals surface area contributed by atoms with Gasteiger partial charge in [0.05, 0.1) is 0 Å². The lowest BCUT2D eigenvalue weighted by molar-refractivity contribution is 0.0792. The third-order valence-corrected chi connectivity index (χ3v) is 4.87. The normalized spacial score (nSPS) is 13.5. The summed E-state index contributed by atoms with van der Waals surface area (Å²) in [6, 6.07) is 14.6. The monoisotopic (exact) mass is 393 g/mol. The molecular weight excluding hydrogens is 373 g/mol. The van der Waals surface area contributed by atoms with Gasteiger partial charge < -0.3 is 14.7 Å². The molecule has 29 heavy (non-hydrogen) atoms. The topological polar surface area (TPSA) is 75.4 Å². The number of hydrogen-bond acceptors (Lipinski definition) is 4. The first-order chi connectivity index (χ1) is 14.1. The van der Waals surface area contributed by atoms with E-state index in [9.17, 15) is 14.0 Å². The van der Waals surface area contributed by atoms with E-state index in [0.29, 0.717) is 16.8 Å². The van der Waals surface area contributed by atoms with Crippen LogP contribution in [0, 0.1) is 5.82 Å². The highest BCUT2D eigenvalue weighted by Crippen LogP contribution is 2.20. The highest BCUT2D eigenvalue weighted by molar-refractivity contribution is 5.95. The molecule has 1 aromatic heterocycles. The maximum absolute atomic E-state index is 13.4. The lowest BCUT2D eigenvalue weighted by Gasteiger charge is -2.15. The maximum atomic E-state index is 13.4. The van der Waals surface area contributed by atoms with Crippen LogP contribution in [0.15, 0.2) is 59.1 Å². The second-order valence-corrected chi connectivity index (χ2v) is 6.97. The van der Waals surface area contributed by atoms with E-state index >= 15 is 0 Å². The molecule has 0 unspecified atom stereocenters. The lowest BCUT2D eigenvalue weighted by Crippen LogP contribution is -2.28. The zero-order valence-corrected chi connectivity index (χ0v) is 15.7. The molecule has 0 bridgehead atoms. The number of carbonyl (C=O) groups excluding carboxylic acids is 2. The van der Waals surface area contributed by atoms with E-state index < -0.39 is 5.91 Å². The number of amides is 2. The molecule has 2 heterocycles. The maximum Gasteiger partial charge on any atom is 0.290 e. The zero-order valence-electron chi connectivity index (χ0n) is 15.7. The number of rotatable bonds is 5. The highest BCUT2D eigenvalue weighted by Gasteiger charge is 2.20. The van der Waals surface area contributed by atoms with E-state index in [1.807, 2.05) is 11.0 Å². The van der Waals surface area contributed by atoms with Crippen LogP contribution < -0.4 is 5.32 Å². The minimum Gasteiger partial charge on any atom is -0.350 e. The number of hydrogen-bond donors (Lipinski definition) is 1. The van der Waals surface area contributed by atoms with E-state index in [4.69, 9.17) is 4.52 Å². The Morgan fingerprint density at radius 1 is 1.07 bits per heavy atom. The van der Waals surface area contributed by atoms with Gasteiger partial charge in [0.15, 0.2) is 0 Å². The van der Waals surface area contributed by atoms with Crippen molar-refractivity contribution in [2.24, 2.45) is 0 Å². The standard InChI is InChI=1S/C22H20FN3O3/c23-18-8-4-6-16(12-18)19-13-20(29-25-19)21(27)24-14-15-5-3-7-17(11-15)22(28)26-9-1-2-10-26/h3-8,11-13H,1-2,9-10,14H2,(H,24,27). The molecule has 0 atom stereocenters. The SMILES string of the molecule is O=C(NCc1cccc(C(=O)N2CCCC2)c1)c1cc(-c2cccc(F)c2)no1. The summed E-state index contributed by atoms with van der Waals surface area (Å²) in [6.45, 7) is 1.83. The Kier molecular flexibility index (Phi) is 5.37. The molecule has 148 valence electrons. The number of carbonyl (C=O) groups is 2. The lowest BCUT2D eigenvalue weighted by atomic mass is 10.1. The molecular formula is C22H20FN3O3. The van der Waals surface area contributed by atoms with E-state index in [2.05, 4.69) is 10.5 Å². The Labute approximate surface area is 167 Å². The number of halogens is 1. The molecule has 0 aliphatic carbocycles. The molecule has 7 heteroatoms. The summed E-state index contributed by atoms with van der Waals surface area (Å²) in [4.78, 5) is 26.7. The number of nitrogens with zero attached hydrogens (tertiary/aromatic N) is 2. The number of aromatic nitrogens is 1. The second kappa shape index (κ2) is 8.26. The number of benzene rings is 2. The van der Waals surface area contributed by atoms with Crippen molar-refractivity contribution in [1.82, 2.24) is 15.4 Å². The molecule has 1 saturated heterocycles. The van der Waals surface area contributed by atoms with Gasteiger partial charge in [0.2, 0.25) is 5.76 Å². The van der Waals surface area contributed by atoms with Crippen molar-refractivity contribution in [2.45, 2.75) is 19.4 Å². The minimum atomic E-state index is -0.434. The third kappa shape index (κ3) is 4.34. The van der Waals surface area contributed by atoms with Crippen LogP contribution >= 0.6 is 0 Å². The minimum absolute atomic E-state index is 0.0191. The quantitative estimate of drug-likeness (QED) is 0.718. The van der Waals surface area contributed by atoms with Crippen LogP contribution in [0.1, 0.15) is 39.3 Å². The van der Waals surface area contributed by atoms with Gasteiger partial charge in [-0.15, -0.1) is 0 Å². The fourth-order valence-corrected chi connectivity index (χ4v) is 3.35. The van der Waals surface area contributed by atoms with Crippen molar-refractivity contribution in [3.63, 3.8) is 0 Å². The van der Waals surface area contributed by atoms with Gasteiger partial charge in [0.25, 0.3) is 11.8 Å². The molecule has 1 aliphatic rings. The van der Waals surface area contributed by atoms with Gasteiger partial charge >= 0.3 is 0 Å². The molecule has 2 amide bonds. The molecule has 0 saturated carbocycles. The number of nitrogens with one attached hydrogen (secondary N) is 1. The van der Waals surface area contributed by atoms with Crippen LogP contribution in [0.2, 0.25) is 0 Å². The van der Waals surface area contributed by atoms with Crippen LogP contribution in [0.5, 0.6) is 0 Å². The average Bonchev–Trinajstić information content (AvgIpc) is 3.44. The molecule has 1 fully saturated rings. The van der Waals surface area contributed by atoms with Crippen LogP contribution in [-0.4, -0.2) is 35.0 Å². The van der Waals surface area contributed by atoms with Gasteiger partial charge in [0, 0.05) is 36.8 Å². The molecule has 2 aromatic carbocycles. The van der Waals surface area contributed by atoms with Gasteiger partial charge in [0.1, 0.15) is 11.5 Å². The van der Waals surface area contributed by atoms with Gasteiger partial charge in [-0.05, 0) is 42.7 Å². The molecule has 4 rings (SSSR count). The van der Waals surface area contributed by atoms with E-state index in [1.165, 1.54) is 18.2 Å². The summed E-state index contributed by atoms with van der Waals surface area (Å²) in [6.07, 6.45) is 2.08. The van der Waals surface area contributed by atoms with Crippen molar-refractivity contribution < 1.29 is 18.5 Å². The summed E-state index contributed by atoms with van der Waals surface area (Å²) in [7, 11) is 0. The summed E-state index contributed by atoms with van der Waals surface area (Å²) >= 11 is 0. The van der Waals surface area contributed by atoms with Crippen LogP contribution in [0.4, 0.5) is 4.39 Å². The van der Waals surface area contributed by atoms with Gasteiger partial charge in [-0.1, -0.05) is 29.4 Å². The molecule has 0 radical (unpaired) electrons. The summed E-state index contributed by atoms with van der Waals surface area (Å²) in [5.41, 5.74) is 2.34. The summed E-state index contributed by atoms with van der Waals surface area (Å²) in [5.74, 6) is -0.768. The van der Waals surface area contributed by atoms with Gasteiger partial charge in [-0.3, -0.25) is 9.59 Å². The van der Waals surface area contributed by atoms with E-state index in [1.54, 1.807) is 30.3 Å². The Morgan fingerprint density at radius 2 is 1.86 bits per heavy atom. The summed E-state index contributed by atoms with van der Waals surface area (Å²) in [5, 5.41) is 6.59. The van der Waals surface area contributed by atoms with Crippen molar-refractivity contribution >= 4 is 11.8 Å². The molecule has 1 aliphatic heterocycles. The smallest absolute Gasteiger partial charge is 0.290 e. The first kappa shape index (κ1) is 18.9. The molecule has 6 nitrogen and oxygen atoms in total. The van der Waals surface area contributed by atoms with Crippen LogP contribution in [-0.2, 0) is 6.54 Å². The average molecular weight is 393 g/mol. The Morgan fingerprint density at radius 3 is 2.66 bits per heavy atom. The first-order valence-electron chi connectivity index (χ1n) is 9.49. The molecule has 0 spiro atoms.